The number of carbonyl (C=O) groups excluding carboxylic acids is 2. The Morgan fingerprint density at radius 3 is 2.77 bits per heavy atom. The van der Waals surface area contributed by atoms with Crippen LogP contribution in [-0.2, 0) is 29.2 Å². The molecule has 1 unspecified atom stereocenters. The van der Waals surface area contributed by atoms with E-state index in [2.05, 4.69) is 20.6 Å². The molecule has 5 rings (SSSR count). The van der Waals surface area contributed by atoms with E-state index in [1.807, 2.05) is 41.8 Å². The number of fused-ring (bicyclic) bond motifs is 1. The molecule has 176 valence electrons. The number of amides is 2. The number of pyridine rings is 1. The van der Waals surface area contributed by atoms with Gasteiger partial charge in [0.2, 0.25) is 11.8 Å². The maximum atomic E-state index is 13.8. The minimum absolute atomic E-state index is 0.0614. The topological polar surface area (TPSA) is 106 Å². The van der Waals surface area contributed by atoms with Crippen molar-refractivity contribution in [3.8, 4) is 0 Å². The van der Waals surface area contributed by atoms with Gasteiger partial charge in [-0.05, 0) is 41.8 Å². The van der Waals surface area contributed by atoms with E-state index in [0.29, 0.717) is 16.8 Å². The SMILES string of the molecule is O=C(NCc1ccco1)C(c1cccnc1)N(Cc1cccs1)C(=O)Cn1nnc2ccccc21. The Balaban J connectivity index is 1.48. The van der Waals surface area contributed by atoms with Gasteiger partial charge in [-0.1, -0.05) is 29.5 Å². The third-order valence-electron chi connectivity index (χ3n) is 5.51. The minimum Gasteiger partial charge on any atom is -0.467 e. The second-order valence-corrected chi connectivity index (χ2v) is 8.86. The zero-order valence-corrected chi connectivity index (χ0v) is 19.5. The lowest BCUT2D eigenvalue weighted by Crippen LogP contribution is -2.44. The van der Waals surface area contributed by atoms with Gasteiger partial charge in [0.05, 0.1) is 24.9 Å². The number of para-hydroxylation sites is 1. The fraction of sp³-hybridized carbons (Fsp3) is 0.160. The molecule has 0 aliphatic carbocycles. The van der Waals surface area contributed by atoms with Gasteiger partial charge < -0.3 is 14.6 Å². The van der Waals surface area contributed by atoms with E-state index in [9.17, 15) is 9.59 Å². The van der Waals surface area contributed by atoms with Gasteiger partial charge in [-0.2, -0.15) is 0 Å². The van der Waals surface area contributed by atoms with Crippen molar-refractivity contribution in [2.75, 3.05) is 0 Å². The highest BCUT2D eigenvalue weighted by atomic mass is 32.1. The lowest BCUT2D eigenvalue weighted by Gasteiger charge is -2.31. The average molecular weight is 487 g/mol. The summed E-state index contributed by atoms with van der Waals surface area (Å²) in [7, 11) is 0. The van der Waals surface area contributed by atoms with Gasteiger partial charge in [0.15, 0.2) is 0 Å². The van der Waals surface area contributed by atoms with Crippen LogP contribution in [0.2, 0.25) is 0 Å². The van der Waals surface area contributed by atoms with E-state index < -0.39 is 6.04 Å². The van der Waals surface area contributed by atoms with E-state index in [1.54, 1.807) is 52.5 Å². The number of rotatable bonds is 9. The van der Waals surface area contributed by atoms with E-state index in [0.717, 1.165) is 10.4 Å². The van der Waals surface area contributed by atoms with Crippen molar-refractivity contribution < 1.29 is 14.0 Å². The van der Waals surface area contributed by atoms with Gasteiger partial charge in [-0.25, -0.2) is 4.68 Å². The van der Waals surface area contributed by atoms with Gasteiger partial charge in [-0.3, -0.25) is 14.6 Å². The number of furan rings is 1. The van der Waals surface area contributed by atoms with Crippen molar-refractivity contribution in [1.82, 2.24) is 30.2 Å². The predicted octanol–water partition coefficient (Wildman–Crippen LogP) is 3.57. The molecule has 0 spiro atoms. The normalized spacial score (nSPS) is 11.9. The van der Waals surface area contributed by atoms with Crippen molar-refractivity contribution in [2.45, 2.75) is 25.7 Å². The number of nitrogens with zero attached hydrogens (tertiary/aromatic N) is 5. The van der Waals surface area contributed by atoms with Crippen molar-refractivity contribution >= 4 is 34.2 Å². The number of hydrogen-bond acceptors (Lipinski definition) is 7. The Kier molecular flexibility index (Phi) is 6.62. The first kappa shape index (κ1) is 22.5. The third-order valence-corrected chi connectivity index (χ3v) is 6.37. The zero-order chi connectivity index (χ0) is 24.0. The smallest absolute Gasteiger partial charge is 0.247 e. The molecular formula is C25H22N6O3S. The average Bonchev–Trinajstić information content (AvgIpc) is 3.66. The van der Waals surface area contributed by atoms with Crippen LogP contribution in [0.3, 0.4) is 0 Å². The summed E-state index contributed by atoms with van der Waals surface area (Å²) >= 11 is 1.52. The molecule has 0 radical (unpaired) electrons. The lowest BCUT2D eigenvalue weighted by atomic mass is 10.1. The Morgan fingerprint density at radius 2 is 2.00 bits per heavy atom. The molecule has 1 N–H and O–H groups in total. The van der Waals surface area contributed by atoms with Crippen LogP contribution in [0.5, 0.6) is 0 Å². The number of benzene rings is 1. The fourth-order valence-electron chi connectivity index (χ4n) is 3.84. The van der Waals surface area contributed by atoms with Gasteiger partial charge >= 0.3 is 0 Å². The number of thiophene rings is 1. The molecule has 0 aliphatic rings. The maximum absolute atomic E-state index is 13.8. The van der Waals surface area contributed by atoms with Crippen molar-refractivity contribution in [3.63, 3.8) is 0 Å². The van der Waals surface area contributed by atoms with Gasteiger partial charge in [0, 0.05) is 22.8 Å². The first-order valence-corrected chi connectivity index (χ1v) is 11.9. The van der Waals surface area contributed by atoms with E-state index in [-0.39, 0.29) is 31.4 Å². The number of nitrogens with one attached hydrogen (secondary N) is 1. The van der Waals surface area contributed by atoms with Gasteiger partial charge in [-0.15, -0.1) is 16.4 Å². The van der Waals surface area contributed by atoms with Crippen molar-refractivity contribution in [1.29, 1.82) is 0 Å². The highest BCUT2D eigenvalue weighted by Crippen LogP contribution is 2.26. The van der Waals surface area contributed by atoms with Crippen LogP contribution in [0.1, 0.15) is 22.2 Å². The van der Waals surface area contributed by atoms with E-state index in [1.165, 1.54) is 11.3 Å². The molecule has 9 nitrogen and oxygen atoms in total. The van der Waals surface area contributed by atoms with Gasteiger partial charge in [0.25, 0.3) is 0 Å². The van der Waals surface area contributed by atoms with Crippen LogP contribution in [0.15, 0.2) is 89.1 Å². The molecule has 0 saturated heterocycles. The molecule has 1 atom stereocenters. The van der Waals surface area contributed by atoms with Crippen LogP contribution in [0.4, 0.5) is 0 Å². The standard InChI is InChI=1S/C25H22N6O3S/c32-23(17-31-22-10-2-1-9-21(22)28-29-31)30(16-20-8-5-13-35-20)24(18-6-3-11-26-14-18)25(33)27-15-19-7-4-12-34-19/h1-14,24H,15-17H2,(H,27,33). The molecule has 0 aliphatic heterocycles. The Labute approximate surface area is 205 Å². The highest BCUT2D eigenvalue weighted by molar-refractivity contribution is 7.09. The highest BCUT2D eigenvalue weighted by Gasteiger charge is 2.32. The van der Waals surface area contributed by atoms with Crippen LogP contribution in [0.25, 0.3) is 11.0 Å². The molecule has 4 heterocycles. The molecule has 0 fully saturated rings. The second-order valence-electron chi connectivity index (χ2n) is 7.82. The summed E-state index contributed by atoms with van der Waals surface area (Å²) in [5.74, 6) is 0.0207. The first-order chi connectivity index (χ1) is 17.2. The summed E-state index contributed by atoms with van der Waals surface area (Å²) < 4.78 is 6.90. The molecule has 4 aromatic heterocycles. The molecule has 0 saturated carbocycles. The van der Waals surface area contributed by atoms with Crippen LogP contribution in [0, 0.1) is 0 Å². The van der Waals surface area contributed by atoms with E-state index in [4.69, 9.17) is 4.42 Å². The maximum Gasteiger partial charge on any atom is 0.247 e. The number of hydrogen-bond donors (Lipinski definition) is 1. The Bertz CT molecular complexity index is 1400. The molecular weight excluding hydrogens is 464 g/mol. The summed E-state index contributed by atoms with van der Waals surface area (Å²) in [5.41, 5.74) is 2.06. The van der Waals surface area contributed by atoms with Gasteiger partial charge in [0.1, 0.15) is 23.9 Å². The molecule has 5 aromatic rings. The summed E-state index contributed by atoms with van der Waals surface area (Å²) in [4.78, 5) is 34.0. The largest absolute Gasteiger partial charge is 0.467 e. The Morgan fingerprint density at radius 1 is 1.09 bits per heavy atom. The van der Waals surface area contributed by atoms with Crippen molar-refractivity contribution in [2.24, 2.45) is 0 Å². The van der Waals surface area contributed by atoms with Crippen molar-refractivity contribution in [3.05, 3.63) is 101 Å². The first-order valence-electron chi connectivity index (χ1n) is 11.0. The quantitative estimate of drug-likeness (QED) is 0.341. The van der Waals surface area contributed by atoms with Crippen LogP contribution >= 0.6 is 11.3 Å². The molecule has 1 aromatic carbocycles. The molecule has 2 amide bonds. The summed E-state index contributed by atoms with van der Waals surface area (Å²) in [5, 5.41) is 13.2. The molecule has 10 heteroatoms. The number of carbonyl (C=O) groups is 2. The lowest BCUT2D eigenvalue weighted by molar-refractivity contribution is -0.142. The Hall–Kier alpha value is -4.31. The number of aromatic nitrogens is 4. The monoisotopic (exact) mass is 486 g/mol. The fourth-order valence-corrected chi connectivity index (χ4v) is 4.54. The minimum atomic E-state index is -0.900. The third kappa shape index (κ3) is 5.12. The summed E-state index contributed by atoms with van der Waals surface area (Å²) in [6.07, 6.45) is 4.79. The zero-order valence-electron chi connectivity index (χ0n) is 18.7. The molecule has 0 bridgehead atoms. The molecule has 35 heavy (non-hydrogen) atoms. The predicted molar refractivity (Wildman–Crippen MR) is 130 cm³/mol. The summed E-state index contributed by atoms with van der Waals surface area (Å²) in [6.45, 7) is 0.405. The van der Waals surface area contributed by atoms with Crippen LogP contribution in [-0.4, -0.2) is 36.7 Å². The summed E-state index contributed by atoms with van der Waals surface area (Å²) in [6, 6.07) is 17.5. The second kappa shape index (κ2) is 10.3. The van der Waals surface area contributed by atoms with Crippen LogP contribution < -0.4 is 5.32 Å². The van der Waals surface area contributed by atoms with E-state index >= 15 is 0 Å².